The summed E-state index contributed by atoms with van der Waals surface area (Å²) in [6.07, 6.45) is 0.319. The topological polar surface area (TPSA) is 103 Å². The molecular weight excluding hydrogens is 606 g/mol. The summed E-state index contributed by atoms with van der Waals surface area (Å²) in [5.41, 5.74) is 0.273. The highest BCUT2D eigenvalue weighted by Crippen LogP contribution is 2.43. The van der Waals surface area contributed by atoms with E-state index in [9.17, 15) is 14.7 Å². The Kier molecular flexibility index (Phi) is 8.28. The van der Waals surface area contributed by atoms with Gasteiger partial charge in [-0.3, -0.25) is 4.79 Å². The summed E-state index contributed by atoms with van der Waals surface area (Å²) in [4.78, 5) is 29.4. The van der Waals surface area contributed by atoms with E-state index in [2.05, 4.69) is 37.0 Å². The van der Waals surface area contributed by atoms with Crippen molar-refractivity contribution >= 4 is 66.5 Å². The lowest BCUT2D eigenvalue weighted by atomic mass is 9.95. The molecule has 1 aromatic heterocycles. The Morgan fingerprint density at radius 1 is 1.31 bits per heavy atom. The van der Waals surface area contributed by atoms with Crippen LogP contribution in [-0.2, 0) is 10.2 Å². The summed E-state index contributed by atoms with van der Waals surface area (Å²) >= 11 is 13.3. The molecule has 186 valence electrons. The monoisotopic (exact) mass is 627 g/mol. The molecule has 3 aromatic rings. The lowest BCUT2D eigenvalue weighted by Crippen LogP contribution is -2.29. The number of aliphatic carboxylic acids is 1. The molecule has 0 bridgehead atoms. The van der Waals surface area contributed by atoms with Crippen molar-refractivity contribution in [3.8, 4) is 11.5 Å². The van der Waals surface area contributed by atoms with Crippen molar-refractivity contribution in [3.05, 3.63) is 60.0 Å². The van der Waals surface area contributed by atoms with Gasteiger partial charge in [0.25, 0.3) is 5.56 Å². The largest absolute Gasteiger partial charge is 0.490 e. The number of aromatic nitrogens is 2. The summed E-state index contributed by atoms with van der Waals surface area (Å²) < 4.78 is 13.6. The van der Waals surface area contributed by atoms with E-state index in [1.807, 2.05) is 26.8 Å². The minimum atomic E-state index is -1.14. The molecule has 1 heterocycles. The van der Waals surface area contributed by atoms with Gasteiger partial charge in [0.15, 0.2) is 17.6 Å². The second kappa shape index (κ2) is 10.7. The van der Waals surface area contributed by atoms with Gasteiger partial charge in [0.05, 0.1) is 23.7 Å². The van der Waals surface area contributed by atoms with Gasteiger partial charge in [0, 0.05) is 19.9 Å². The minimum absolute atomic E-state index is 0.0946. The normalized spacial score (nSPS) is 12.8. The lowest BCUT2D eigenvalue weighted by Gasteiger charge is -2.21. The Labute approximate surface area is 224 Å². The van der Waals surface area contributed by atoms with Gasteiger partial charge in [-0.25, -0.2) is 9.78 Å². The van der Waals surface area contributed by atoms with Crippen LogP contribution in [0.5, 0.6) is 11.5 Å². The van der Waals surface area contributed by atoms with E-state index < -0.39 is 17.5 Å². The van der Waals surface area contributed by atoms with Crippen molar-refractivity contribution in [3.63, 3.8) is 0 Å². The molecule has 3 rings (SSSR count). The summed E-state index contributed by atoms with van der Waals surface area (Å²) in [5.74, 6) is -0.317. The molecule has 0 aliphatic carbocycles. The number of rotatable bonds is 7. The van der Waals surface area contributed by atoms with Crippen LogP contribution in [0.2, 0.25) is 5.02 Å². The molecule has 1 N–H and O–H groups in total. The first-order valence-electron chi connectivity index (χ1n) is 10.7. The molecule has 2 aromatic carbocycles. The predicted octanol–water partition coefficient (Wildman–Crippen LogP) is 6.01. The van der Waals surface area contributed by atoms with Gasteiger partial charge in [0.2, 0.25) is 0 Å². The molecular formula is C24H24Br2ClN3O5. The number of ether oxygens (including phenoxy) is 2. The number of carboxylic acids is 1. The molecule has 1 atom stereocenters. The number of benzene rings is 2. The number of carbonyl (C=O) groups is 1. The van der Waals surface area contributed by atoms with Gasteiger partial charge in [-0.05, 0) is 54.0 Å². The maximum Gasteiger partial charge on any atom is 0.344 e. The van der Waals surface area contributed by atoms with Crippen molar-refractivity contribution in [2.24, 2.45) is 5.10 Å². The number of hydrogen-bond acceptors (Lipinski definition) is 6. The second-order valence-electron chi connectivity index (χ2n) is 8.66. The van der Waals surface area contributed by atoms with Gasteiger partial charge in [-0.2, -0.15) is 9.78 Å². The Hall–Kier alpha value is -2.43. The van der Waals surface area contributed by atoms with Crippen molar-refractivity contribution in [1.82, 2.24) is 9.66 Å². The maximum atomic E-state index is 13.4. The van der Waals surface area contributed by atoms with Crippen molar-refractivity contribution < 1.29 is 19.4 Å². The lowest BCUT2D eigenvalue weighted by molar-refractivity contribution is -0.144. The molecule has 0 spiro atoms. The number of halogens is 3. The molecule has 0 amide bonds. The van der Waals surface area contributed by atoms with Crippen LogP contribution in [0.1, 0.15) is 46.0 Å². The highest BCUT2D eigenvalue weighted by atomic mass is 79.9. The number of carboxylic acid groups (broad SMARTS) is 1. The second-order valence-corrected chi connectivity index (χ2v) is 10.7. The summed E-state index contributed by atoms with van der Waals surface area (Å²) in [6.45, 7) is 9.30. The van der Waals surface area contributed by atoms with Crippen LogP contribution in [0.25, 0.3) is 10.9 Å². The van der Waals surface area contributed by atoms with Crippen molar-refractivity contribution in [2.45, 2.75) is 46.1 Å². The van der Waals surface area contributed by atoms with Crippen LogP contribution in [-0.4, -0.2) is 39.7 Å². The Balaban J connectivity index is 2.19. The van der Waals surface area contributed by atoms with E-state index in [0.717, 1.165) is 4.47 Å². The summed E-state index contributed by atoms with van der Waals surface area (Å²) in [6, 6.07) is 6.93. The number of nitrogens with zero attached hydrogens (tertiary/aromatic N) is 3. The summed E-state index contributed by atoms with van der Waals surface area (Å²) in [5, 5.41) is 14.2. The van der Waals surface area contributed by atoms with Gasteiger partial charge in [0.1, 0.15) is 10.8 Å². The third kappa shape index (κ3) is 5.87. The molecule has 0 saturated heterocycles. The molecule has 0 aliphatic rings. The zero-order valence-electron chi connectivity index (χ0n) is 19.7. The van der Waals surface area contributed by atoms with E-state index in [4.69, 9.17) is 26.1 Å². The van der Waals surface area contributed by atoms with Gasteiger partial charge < -0.3 is 14.6 Å². The first-order valence-corrected chi connectivity index (χ1v) is 12.6. The van der Waals surface area contributed by atoms with E-state index in [0.29, 0.717) is 33.4 Å². The SMILES string of the molecule is CCOc1cc(C=Nn2c(C(C)(C)C)nc3ccc(Br)cc3c2=O)c(Br)c(Cl)c1O[C@H](C)C(=O)O. The average molecular weight is 630 g/mol. The van der Waals surface area contributed by atoms with Crippen molar-refractivity contribution in [1.29, 1.82) is 0 Å². The van der Waals surface area contributed by atoms with Crippen LogP contribution in [0.15, 0.2) is 43.1 Å². The van der Waals surface area contributed by atoms with E-state index in [-0.39, 0.29) is 22.1 Å². The molecule has 0 fully saturated rings. The van der Waals surface area contributed by atoms with E-state index in [1.165, 1.54) is 17.8 Å². The first kappa shape index (κ1) is 27.2. The minimum Gasteiger partial charge on any atom is -0.490 e. The average Bonchev–Trinajstić information content (AvgIpc) is 2.78. The Bertz CT molecular complexity index is 1380. The molecule has 0 radical (unpaired) electrons. The van der Waals surface area contributed by atoms with E-state index >= 15 is 0 Å². The standard InChI is InChI=1S/C24H24Br2ClN3O5/c1-6-34-17-9-13(18(26)19(27)20(17)35-12(2)22(32)33)11-28-30-21(31)15-10-14(25)7-8-16(15)29-23(30)24(3,4)5/h7-12H,6H2,1-5H3,(H,32,33)/t12-/m1/s1. The number of hydrogen-bond donors (Lipinski definition) is 1. The molecule has 8 nitrogen and oxygen atoms in total. The quantitative estimate of drug-likeness (QED) is 0.322. The highest BCUT2D eigenvalue weighted by Gasteiger charge is 2.24. The van der Waals surface area contributed by atoms with Gasteiger partial charge in [-0.1, -0.05) is 48.3 Å². The fraction of sp³-hybridized carbons (Fsp3) is 0.333. The van der Waals surface area contributed by atoms with Crippen LogP contribution in [0.4, 0.5) is 0 Å². The fourth-order valence-corrected chi connectivity index (χ4v) is 4.16. The summed E-state index contributed by atoms with van der Waals surface area (Å²) in [7, 11) is 0. The Morgan fingerprint density at radius 2 is 2.00 bits per heavy atom. The van der Waals surface area contributed by atoms with Gasteiger partial charge >= 0.3 is 5.97 Å². The zero-order chi connectivity index (χ0) is 26.1. The van der Waals surface area contributed by atoms with Crippen LogP contribution in [0.3, 0.4) is 0 Å². The molecule has 0 unspecified atom stereocenters. The van der Waals surface area contributed by atoms with Crippen molar-refractivity contribution in [2.75, 3.05) is 6.61 Å². The molecule has 0 saturated carbocycles. The van der Waals surface area contributed by atoms with Crippen LogP contribution in [0, 0.1) is 0 Å². The maximum absolute atomic E-state index is 13.4. The van der Waals surface area contributed by atoms with Crippen LogP contribution < -0.4 is 15.0 Å². The van der Waals surface area contributed by atoms with E-state index in [1.54, 1.807) is 25.1 Å². The third-order valence-electron chi connectivity index (χ3n) is 4.89. The molecule has 11 heteroatoms. The molecule has 0 aliphatic heterocycles. The highest BCUT2D eigenvalue weighted by molar-refractivity contribution is 9.10. The third-order valence-corrected chi connectivity index (χ3v) is 6.83. The first-order chi connectivity index (χ1) is 16.3. The van der Waals surface area contributed by atoms with Gasteiger partial charge in [-0.15, -0.1) is 0 Å². The fourth-order valence-electron chi connectivity index (χ4n) is 3.16. The Morgan fingerprint density at radius 3 is 2.60 bits per heavy atom. The predicted molar refractivity (Wildman–Crippen MR) is 143 cm³/mol. The smallest absolute Gasteiger partial charge is 0.344 e. The zero-order valence-corrected chi connectivity index (χ0v) is 23.7. The van der Waals surface area contributed by atoms with Crippen LogP contribution >= 0.6 is 43.5 Å². The molecule has 35 heavy (non-hydrogen) atoms. The number of fused-ring (bicyclic) bond motifs is 1.